The van der Waals surface area contributed by atoms with Gasteiger partial charge in [0.15, 0.2) is 10.6 Å². The van der Waals surface area contributed by atoms with E-state index in [1.807, 2.05) is 41.8 Å². The lowest BCUT2D eigenvalue weighted by atomic mass is 9.97. The number of rotatable bonds is 8. The summed E-state index contributed by atoms with van der Waals surface area (Å²) in [5, 5.41) is 9.83. The highest BCUT2D eigenvalue weighted by Gasteiger charge is 2.28. The Kier molecular flexibility index (Phi) is 7.40. The largest absolute Gasteiger partial charge is 0.493 e. The third-order valence-electron chi connectivity index (χ3n) is 5.05. The number of aromatic amines is 1. The summed E-state index contributed by atoms with van der Waals surface area (Å²) >= 11 is 5.16. The maximum Gasteiger partial charge on any atom is 0.226 e. The quantitative estimate of drug-likeness (QED) is 0.643. The van der Waals surface area contributed by atoms with Crippen LogP contribution in [-0.2, 0) is 22.7 Å². The summed E-state index contributed by atoms with van der Waals surface area (Å²) in [5.41, 5.74) is 0. The lowest BCUT2D eigenvalue weighted by molar-refractivity contribution is -0.136. The van der Waals surface area contributed by atoms with Crippen LogP contribution >= 0.6 is 12.2 Å². The summed E-state index contributed by atoms with van der Waals surface area (Å²) in [4.78, 5) is 26.9. The van der Waals surface area contributed by atoms with E-state index in [0.29, 0.717) is 49.8 Å². The summed E-state index contributed by atoms with van der Waals surface area (Å²) in [6.45, 7) is 4.43. The number of hydrogen-bond acceptors (Lipinski definition) is 5. The SMILES string of the molecule is CCn1c(CNC(=O)C2CCCN(C(=O)CCOc3ccccc3)C2)n[nH]c1=S. The Bertz CT molecular complexity index is 880. The third-order valence-corrected chi connectivity index (χ3v) is 5.36. The van der Waals surface area contributed by atoms with Crippen LogP contribution in [0, 0.1) is 10.7 Å². The highest BCUT2D eigenvalue weighted by molar-refractivity contribution is 7.71. The van der Waals surface area contributed by atoms with Gasteiger partial charge in [0.1, 0.15) is 5.75 Å². The van der Waals surface area contributed by atoms with E-state index < -0.39 is 0 Å². The highest BCUT2D eigenvalue weighted by atomic mass is 32.1. The molecule has 1 unspecified atom stereocenters. The number of aromatic nitrogens is 3. The first-order valence-electron chi connectivity index (χ1n) is 9.96. The summed E-state index contributed by atoms with van der Waals surface area (Å²) < 4.78 is 8.00. The molecule has 1 aromatic heterocycles. The van der Waals surface area contributed by atoms with Gasteiger partial charge in [-0.3, -0.25) is 14.7 Å². The number of hydrogen-bond donors (Lipinski definition) is 2. The molecule has 2 aromatic rings. The van der Waals surface area contributed by atoms with Crippen molar-refractivity contribution < 1.29 is 14.3 Å². The molecule has 2 heterocycles. The summed E-state index contributed by atoms with van der Waals surface area (Å²) in [5.74, 6) is 1.21. The molecule has 3 rings (SSSR count). The second kappa shape index (κ2) is 10.2. The van der Waals surface area contributed by atoms with Gasteiger partial charge in [0.2, 0.25) is 11.8 Å². The van der Waals surface area contributed by atoms with Gasteiger partial charge in [-0.25, -0.2) is 0 Å². The Morgan fingerprint density at radius 1 is 1.34 bits per heavy atom. The Morgan fingerprint density at radius 3 is 2.90 bits per heavy atom. The predicted molar refractivity (Wildman–Crippen MR) is 111 cm³/mol. The lowest BCUT2D eigenvalue weighted by Crippen LogP contribution is -2.45. The fourth-order valence-corrected chi connectivity index (χ4v) is 3.75. The maximum absolute atomic E-state index is 12.6. The molecule has 8 nitrogen and oxygen atoms in total. The second-order valence-corrected chi connectivity index (χ2v) is 7.38. The number of H-pyrrole nitrogens is 1. The fraction of sp³-hybridized carbons (Fsp3) is 0.500. The molecule has 1 aliphatic heterocycles. The number of carbonyl (C=O) groups is 2. The van der Waals surface area contributed by atoms with Crippen LogP contribution in [0.2, 0.25) is 0 Å². The van der Waals surface area contributed by atoms with Crippen molar-refractivity contribution >= 4 is 24.0 Å². The number of para-hydroxylation sites is 1. The van der Waals surface area contributed by atoms with E-state index in [1.54, 1.807) is 4.90 Å². The first kappa shape index (κ1) is 21.0. The minimum absolute atomic E-state index is 0.0188. The standard InChI is InChI=1S/C20H27N5O3S/c1-2-25-17(22-23-20(25)29)13-21-19(27)15-7-6-11-24(14-15)18(26)10-12-28-16-8-4-3-5-9-16/h3-5,8-9,15H,2,6-7,10-14H2,1H3,(H,21,27)(H,23,29). The molecule has 0 saturated carbocycles. The van der Waals surface area contributed by atoms with Crippen LogP contribution in [0.5, 0.6) is 5.75 Å². The number of nitrogens with one attached hydrogen (secondary N) is 2. The van der Waals surface area contributed by atoms with E-state index in [0.717, 1.165) is 18.6 Å². The van der Waals surface area contributed by atoms with Crippen molar-refractivity contribution in [1.29, 1.82) is 0 Å². The van der Waals surface area contributed by atoms with Gasteiger partial charge in [-0.05, 0) is 44.1 Å². The Balaban J connectivity index is 1.45. The first-order valence-corrected chi connectivity index (χ1v) is 10.4. The van der Waals surface area contributed by atoms with Gasteiger partial charge in [0.05, 0.1) is 25.5 Å². The van der Waals surface area contributed by atoms with Crippen molar-refractivity contribution in [2.24, 2.45) is 5.92 Å². The average Bonchev–Trinajstić information content (AvgIpc) is 3.12. The molecular weight excluding hydrogens is 390 g/mol. The Morgan fingerprint density at radius 2 is 2.14 bits per heavy atom. The smallest absolute Gasteiger partial charge is 0.226 e. The maximum atomic E-state index is 12.6. The normalized spacial score (nSPS) is 16.4. The van der Waals surface area contributed by atoms with Crippen LogP contribution in [0.25, 0.3) is 0 Å². The van der Waals surface area contributed by atoms with Crippen LogP contribution in [-0.4, -0.2) is 51.2 Å². The zero-order chi connectivity index (χ0) is 20.6. The number of likely N-dealkylation sites (tertiary alicyclic amines) is 1. The van der Waals surface area contributed by atoms with E-state index in [-0.39, 0.29) is 17.7 Å². The van der Waals surface area contributed by atoms with Crippen LogP contribution in [0.4, 0.5) is 0 Å². The zero-order valence-corrected chi connectivity index (χ0v) is 17.4. The highest BCUT2D eigenvalue weighted by Crippen LogP contribution is 2.18. The summed E-state index contributed by atoms with van der Waals surface area (Å²) in [7, 11) is 0. The van der Waals surface area contributed by atoms with Crippen LogP contribution in [0.1, 0.15) is 32.0 Å². The van der Waals surface area contributed by atoms with E-state index in [4.69, 9.17) is 17.0 Å². The van der Waals surface area contributed by atoms with E-state index in [2.05, 4.69) is 15.5 Å². The molecule has 0 spiro atoms. The van der Waals surface area contributed by atoms with Gasteiger partial charge >= 0.3 is 0 Å². The number of nitrogens with zero attached hydrogens (tertiary/aromatic N) is 3. The molecule has 1 saturated heterocycles. The van der Waals surface area contributed by atoms with Gasteiger partial charge in [-0.15, -0.1) is 0 Å². The molecule has 156 valence electrons. The third kappa shape index (κ3) is 5.66. The molecule has 0 aliphatic carbocycles. The van der Waals surface area contributed by atoms with Crippen molar-refractivity contribution in [2.75, 3.05) is 19.7 Å². The van der Waals surface area contributed by atoms with Gasteiger partial charge in [-0.1, -0.05) is 18.2 Å². The molecule has 2 N–H and O–H groups in total. The van der Waals surface area contributed by atoms with Crippen LogP contribution < -0.4 is 10.1 Å². The lowest BCUT2D eigenvalue weighted by Gasteiger charge is -2.32. The van der Waals surface area contributed by atoms with Crippen molar-refractivity contribution in [1.82, 2.24) is 25.0 Å². The molecular formula is C20H27N5O3S. The molecule has 0 radical (unpaired) electrons. The second-order valence-electron chi connectivity index (χ2n) is 7.00. The summed E-state index contributed by atoms with van der Waals surface area (Å²) in [6.07, 6.45) is 1.89. The zero-order valence-electron chi connectivity index (χ0n) is 16.6. The van der Waals surface area contributed by atoms with Crippen LogP contribution in [0.15, 0.2) is 30.3 Å². The van der Waals surface area contributed by atoms with Gasteiger partial charge in [0.25, 0.3) is 0 Å². The van der Waals surface area contributed by atoms with Crippen molar-refractivity contribution in [3.8, 4) is 5.75 Å². The molecule has 1 aromatic carbocycles. The Hall–Kier alpha value is -2.68. The minimum Gasteiger partial charge on any atom is -0.493 e. The molecule has 29 heavy (non-hydrogen) atoms. The number of amides is 2. The molecule has 1 aliphatic rings. The molecule has 0 bridgehead atoms. The molecule has 2 amide bonds. The average molecular weight is 418 g/mol. The minimum atomic E-state index is -0.209. The molecule has 1 fully saturated rings. The van der Waals surface area contributed by atoms with Gasteiger partial charge in [-0.2, -0.15) is 5.10 Å². The van der Waals surface area contributed by atoms with Crippen molar-refractivity contribution in [2.45, 2.75) is 39.3 Å². The number of carbonyl (C=O) groups excluding carboxylic acids is 2. The van der Waals surface area contributed by atoms with E-state index >= 15 is 0 Å². The molecule has 1 atom stereocenters. The number of ether oxygens (including phenoxy) is 1. The van der Waals surface area contributed by atoms with Gasteiger partial charge < -0.3 is 19.5 Å². The number of benzene rings is 1. The monoisotopic (exact) mass is 417 g/mol. The number of piperidine rings is 1. The van der Waals surface area contributed by atoms with E-state index in [1.165, 1.54) is 0 Å². The first-order chi connectivity index (χ1) is 14.1. The molecule has 9 heteroatoms. The van der Waals surface area contributed by atoms with Crippen LogP contribution in [0.3, 0.4) is 0 Å². The van der Waals surface area contributed by atoms with Gasteiger partial charge in [0, 0.05) is 19.6 Å². The topological polar surface area (TPSA) is 92.2 Å². The Labute approximate surface area is 175 Å². The summed E-state index contributed by atoms with van der Waals surface area (Å²) in [6, 6.07) is 9.43. The predicted octanol–water partition coefficient (Wildman–Crippen LogP) is 2.28. The van der Waals surface area contributed by atoms with Crippen molar-refractivity contribution in [3.05, 3.63) is 40.9 Å². The fourth-order valence-electron chi connectivity index (χ4n) is 3.47. The van der Waals surface area contributed by atoms with E-state index in [9.17, 15) is 9.59 Å². The van der Waals surface area contributed by atoms with Crippen molar-refractivity contribution in [3.63, 3.8) is 0 Å².